The third-order valence-corrected chi connectivity index (χ3v) is 3.42. The molecule has 0 aliphatic heterocycles. The van der Waals surface area contributed by atoms with Crippen molar-refractivity contribution in [3.63, 3.8) is 0 Å². The van der Waals surface area contributed by atoms with E-state index in [1.807, 2.05) is 48.5 Å². The van der Waals surface area contributed by atoms with Crippen molar-refractivity contribution in [3.8, 4) is 0 Å². The zero-order valence-electron chi connectivity index (χ0n) is 10.6. The molecule has 0 radical (unpaired) electrons. The van der Waals surface area contributed by atoms with Gasteiger partial charge in [0.1, 0.15) is 5.82 Å². The molecule has 1 heterocycles. The maximum absolute atomic E-state index is 5.95. The maximum Gasteiger partial charge on any atom is 0.229 e. The summed E-state index contributed by atoms with van der Waals surface area (Å²) < 4.78 is 0. The number of para-hydroxylation sites is 1. The molecule has 0 unspecified atom stereocenters. The lowest BCUT2D eigenvalue weighted by molar-refractivity contribution is 1.22. The summed E-state index contributed by atoms with van der Waals surface area (Å²) in [4.78, 5) is 9.70. The molecule has 3 rings (SSSR count). The van der Waals surface area contributed by atoms with E-state index < -0.39 is 0 Å². The standard InChI is InChI=1S/C14H13N5S/c15-13-11-3-1-2-4-12(11)18-14(19-13)17-9-5-7-10(20-16)8-6-9/h1-8H,16H2,(H3,15,17,18,19). The van der Waals surface area contributed by atoms with Crippen LogP contribution in [0.15, 0.2) is 53.4 Å². The minimum atomic E-state index is 0.465. The largest absolute Gasteiger partial charge is 0.383 e. The molecule has 1 aromatic heterocycles. The summed E-state index contributed by atoms with van der Waals surface area (Å²) in [5.74, 6) is 0.946. The fourth-order valence-corrected chi connectivity index (χ4v) is 2.20. The van der Waals surface area contributed by atoms with Crippen molar-refractivity contribution < 1.29 is 0 Å². The quantitative estimate of drug-likeness (QED) is 0.640. The number of hydrogen-bond acceptors (Lipinski definition) is 6. The molecule has 20 heavy (non-hydrogen) atoms. The van der Waals surface area contributed by atoms with Gasteiger partial charge in [0.2, 0.25) is 5.95 Å². The van der Waals surface area contributed by atoms with Crippen molar-refractivity contribution in [1.29, 1.82) is 0 Å². The predicted molar refractivity (Wildman–Crippen MR) is 83.7 cm³/mol. The number of aromatic nitrogens is 2. The van der Waals surface area contributed by atoms with E-state index in [9.17, 15) is 0 Å². The molecule has 0 saturated carbocycles. The molecule has 2 aromatic carbocycles. The third kappa shape index (κ3) is 2.52. The highest BCUT2D eigenvalue weighted by Gasteiger charge is 2.04. The first-order chi connectivity index (χ1) is 9.76. The Morgan fingerprint density at radius 3 is 2.45 bits per heavy atom. The number of benzene rings is 2. The minimum Gasteiger partial charge on any atom is -0.383 e. The number of nitrogens with zero attached hydrogens (tertiary/aromatic N) is 2. The number of nitrogens with two attached hydrogens (primary N) is 2. The summed E-state index contributed by atoms with van der Waals surface area (Å²) in [6, 6.07) is 15.3. The molecule has 0 amide bonds. The van der Waals surface area contributed by atoms with E-state index in [2.05, 4.69) is 15.3 Å². The number of nitrogens with one attached hydrogen (secondary N) is 1. The fraction of sp³-hybridized carbons (Fsp3) is 0. The van der Waals surface area contributed by atoms with E-state index in [1.54, 1.807) is 0 Å². The van der Waals surface area contributed by atoms with Crippen LogP contribution in [0.5, 0.6) is 0 Å². The summed E-state index contributed by atoms with van der Waals surface area (Å²) in [5, 5.41) is 9.48. The van der Waals surface area contributed by atoms with Crippen molar-refractivity contribution in [3.05, 3.63) is 48.5 Å². The average molecular weight is 283 g/mol. The zero-order valence-corrected chi connectivity index (χ0v) is 11.4. The second-order valence-electron chi connectivity index (χ2n) is 4.22. The Labute approximate surface area is 120 Å². The van der Waals surface area contributed by atoms with Crippen molar-refractivity contribution in [1.82, 2.24) is 9.97 Å². The molecule has 6 heteroatoms. The van der Waals surface area contributed by atoms with Gasteiger partial charge < -0.3 is 11.1 Å². The number of anilines is 3. The topological polar surface area (TPSA) is 89.8 Å². The first kappa shape index (κ1) is 12.7. The summed E-state index contributed by atoms with van der Waals surface area (Å²) in [6.45, 7) is 0. The van der Waals surface area contributed by atoms with E-state index in [4.69, 9.17) is 10.9 Å². The van der Waals surface area contributed by atoms with Gasteiger partial charge in [-0.15, -0.1) is 0 Å². The molecule has 5 nitrogen and oxygen atoms in total. The molecule has 3 aromatic rings. The van der Waals surface area contributed by atoms with Crippen LogP contribution in [0, 0.1) is 0 Å². The second kappa shape index (κ2) is 5.36. The Kier molecular flexibility index (Phi) is 3.41. The molecule has 0 aliphatic carbocycles. The zero-order chi connectivity index (χ0) is 13.9. The van der Waals surface area contributed by atoms with Gasteiger partial charge in [-0.2, -0.15) is 4.98 Å². The molecule has 0 atom stereocenters. The van der Waals surface area contributed by atoms with Crippen LogP contribution in [-0.2, 0) is 0 Å². The molecule has 0 aliphatic rings. The van der Waals surface area contributed by atoms with Crippen molar-refractivity contribution in [2.75, 3.05) is 11.1 Å². The predicted octanol–water partition coefficient (Wildman–Crippen LogP) is 2.92. The van der Waals surface area contributed by atoms with Gasteiger partial charge in [0, 0.05) is 16.0 Å². The highest BCUT2D eigenvalue weighted by molar-refractivity contribution is 7.97. The van der Waals surface area contributed by atoms with E-state index in [-0.39, 0.29) is 0 Å². The van der Waals surface area contributed by atoms with E-state index in [1.165, 1.54) is 11.9 Å². The van der Waals surface area contributed by atoms with Crippen LogP contribution in [0.4, 0.5) is 17.5 Å². The first-order valence-electron chi connectivity index (χ1n) is 6.02. The van der Waals surface area contributed by atoms with Gasteiger partial charge >= 0.3 is 0 Å². The summed E-state index contributed by atoms with van der Waals surface area (Å²) >= 11 is 1.21. The maximum atomic E-state index is 5.95. The van der Waals surface area contributed by atoms with E-state index in [0.717, 1.165) is 21.5 Å². The Bertz CT molecular complexity index is 742. The van der Waals surface area contributed by atoms with Crippen molar-refractivity contribution in [2.45, 2.75) is 4.90 Å². The summed E-state index contributed by atoms with van der Waals surface area (Å²) in [5.41, 5.74) is 7.65. The molecule has 0 spiro atoms. The smallest absolute Gasteiger partial charge is 0.229 e. The Balaban J connectivity index is 1.93. The Morgan fingerprint density at radius 1 is 0.950 bits per heavy atom. The summed E-state index contributed by atoms with van der Waals surface area (Å²) in [6.07, 6.45) is 0. The molecule has 0 bridgehead atoms. The van der Waals surface area contributed by atoms with Gasteiger partial charge in [-0.3, -0.25) is 5.14 Å². The van der Waals surface area contributed by atoms with Crippen LogP contribution in [0.3, 0.4) is 0 Å². The molecular formula is C14H13N5S. The lowest BCUT2D eigenvalue weighted by Crippen LogP contribution is -2.01. The van der Waals surface area contributed by atoms with Gasteiger partial charge in [-0.25, -0.2) is 4.98 Å². The van der Waals surface area contributed by atoms with Crippen LogP contribution in [-0.4, -0.2) is 9.97 Å². The van der Waals surface area contributed by atoms with Crippen LogP contribution >= 0.6 is 11.9 Å². The first-order valence-corrected chi connectivity index (χ1v) is 6.90. The Morgan fingerprint density at radius 2 is 1.70 bits per heavy atom. The van der Waals surface area contributed by atoms with Gasteiger partial charge in [0.25, 0.3) is 0 Å². The van der Waals surface area contributed by atoms with Gasteiger partial charge in [0.05, 0.1) is 5.52 Å². The highest BCUT2D eigenvalue weighted by Crippen LogP contribution is 2.22. The van der Waals surface area contributed by atoms with Crippen LogP contribution in [0.25, 0.3) is 10.9 Å². The normalized spacial score (nSPS) is 10.7. The molecule has 5 N–H and O–H groups in total. The second-order valence-corrected chi connectivity index (χ2v) is 4.92. The molecule has 0 fully saturated rings. The fourth-order valence-electron chi connectivity index (χ4n) is 1.90. The molecular weight excluding hydrogens is 270 g/mol. The third-order valence-electron chi connectivity index (χ3n) is 2.88. The van der Waals surface area contributed by atoms with Gasteiger partial charge in [-0.05, 0) is 48.3 Å². The van der Waals surface area contributed by atoms with E-state index in [0.29, 0.717) is 11.8 Å². The van der Waals surface area contributed by atoms with Crippen LogP contribution in [0.2, 0.25) is 0 Å². The van der Waals surface area contributed by atoms with E-state index >= 15 is 0 Å². The number of nitrogen functional groups attached to an aromatic ring is 1. The Hall–Kier alpha value is -2.31. The van der Waals surface area contributed by atoms with Crippen molar-refractivity contribution >= 4 is 40.3 Å². The number of rotatable bonds is 3. The molecule has 0 saturated heterocycles. The highest BCUT2D eigenvalue weighted by atomic mass is 32.2. The summed E-state index contributed by atoms with van der Waals surface area (Å²) in [7, 11) is 0. The molecule has 100 valence electrons. The number of hydrogen-bond donors (Lipinski definition) is 3. The SMILES string of the molecule is NSc1ccc(Nc2nc(N)c3ccccc3n2)cc1. The lowest BCUT2D eigenvalue weighted by Gasteiger charge is -2.08. The lowest BCUT2D eigenvalue weighted by atomic mass is 10.2. The number of fused-ring (bicyclic) bond motifs is 1. The van der Waals surface area contributed by atoms with Gasteiger partial charge in [-0.1, -0.05) is 12.1 Å². The van der Waals surface area contributed by atoms with Crippen LogP contribution in [0.1, 0.15) is 0 Å². The average Bonchev–Trinajstić information content (AvgIpc) is 2.48. The minimum absolute atomic E-state index is 0.465. The monoisotopic (exact) mass is 283 g/mol. The van der Waals surface area contributed by atoms with Crippen molar-refractivity contribution in [2.24, 2.45) is 5.14 Å². The van der Waals surface area contributed by atoms with Crippen LogP contribution < -0.4 is 16.2 Å². The van der Waals surface area contributed by atoms with Gasteiger partial charge in [0.15, 0.2) is 0 Å².